The number of aryl methyl sites for hydroxylation is 1. The molecule has 0 spiro atoms. The molecular weight excluding hydrogens is 484 g/mol. The Labute approximate surface area is 204 Å². The topological polar surface area (TPSA) is 58.4 Å². The van der Waals surface area contributed by atoms with Gasteiger partial charge in [0, 0.05) is 36.5 Å². The average Bonchev–Trinajstić information content (AvgIpc) is 3.37. The fraction of sp³-hybridized carbons (Fsp3) is 0.250. The minimum atomic E-state index is -0.317. The molecular formula is C24H20Cl2FN3O2S. The number of nitrogens with one attached hydrogen (secondary N) is 1. The molecule has 1 amide bonds. The molecule has 1 atom stereocenters. The van der Waals surface area contributed by atoms with Crippen molar-refractivity contribution < 1.29 is 13.6 Å². The van der Waals surface area contributed by atoms with Crippen LogP contribution in [0.25, 0.3) is 21.4 Å². The van der Waals surface area contributed by atoms with Gasteiger partial charge in [0.25, 0.3) is 5.91 Å². The van der Waals surface area contributed by atoms with Crippen molar-refractivity contribution in [1.82, 2.24) is 15.2 Å². The third-order valence-corrected chi connectivity index (χ3v) is 7.20. The van der Waals surface area contributed by atoms with Gasteiger partial charge < -0.3 is 14.6 Å². The number of aromatic nitrogens is 1. The number of amides is 1. The molecule has 1 aliphatic rings. The second-order valence-corrected chi connectivity index (χ2v) is 10.0. The fourth-order valence-corrected chi connectivity index (χ4v) is 5.64. The van der Waals surface area contributed by atoms with Crippen LogP contribution < -0.4 is 5.32 Å². The summed E-state index contributed by atoms with van der Waals surface area (Å²) in [5.41, 5.74) is 1.77. The van der Waals surface area contributed by atoms with Gasteiger partial charge >= 0.3 is 0 Å². The van der Waals surface area contributed by atoms with Crippen molar-refractivity contribution >= 4 is 51.4 Å². The molecule has 0 bridgehead atoms. The van der Waals surface area contributed by atoms with E-state index in [0.717, 1.165) is 26.6 Å². The maximum absolute atomic E-state index is 13.6. The van der Waals surface area contributed by atoms with Gasteiger partial charge in [-0.05, 0) is 42.8 Å². The predicted octanol–water partition coefficient (Wildman–Crippen LogP) is 5.97. The molecule has 2 aromatic carbocycles. The van der Waals surface area contributed by atoms with Crippen molar-refractivity contribution in [1.29, 1.82) is 0 Å². The zero-order valence-electron chi connectivity index (χ0n) is 17.7. The molecule has 0 aliphatic carbocycles. The largest absolute Gasteiger partial charge is 0.459 e. The maximum atomic E-state index is 13.6. The number of hydrogen-bond acceptors (Lipinski definition) is 5. The molecule has 3 heterocycles. The summed E-state index contributed by atoms with van der Waals surface area (Å²) in [6.07, 6.45) is 0.524. The first-order valence-electron chi connectivity index (χ1n) is 10.5. The van der Waals surface area contributed by atoms with Crippen molar-refractivity contribution in [2.45, 2.75) is 19.4 Å². The quantitative estimate of drug-likeness (QED) is 0.372. The molecule has 1 saturated heterocycles. The van der Waals surface area contributed by atoms with Crippen LogP contribution in [0.1, 0.15) is 21.3 Å². The monoisotopic (exact) mass is 503 g/mol. The van der Waals surface area contributed by atoms with Crippen LogP contribution in [-0.4, -0.2) is 41.5 Å². The minimum absolute atomic E-state index is 0.121. The summed E-state index contributed by atoms with van der Waals surface area (Å²) in [5, 5.41) is 5.98. The SMILES string of the molecule is Cc1nc(C(=O)N2CCNCC2Cc2cc3cc(Cl)cc(Cl)c3o2)c(-c2ccc(F)cc2)s1. The third-order valence-electron chi connectivity index (χ3n) is 5.68. The highest BCUT2D eigenvalue weighted by Crippen LogP contribution is 2.33. The van der Waals surface area contributed by atoms with E-state index in [1.165, 1.54) is 23.5 Å². The van der Waals surface area contributed by atoms with Crippen LogP contribution in [0.5, 0.6) is 0 Å². The summed E-state index contributed by atoms with van der Waals surface area (Å²) in [7, 11) is 0. The predicted molar refractivity (Wildman–Crippen MR) is 130 cm³/mol. The highest BCUT2D eigenvalue weighted by molar-refractivity contribution is 7.15. The van der Waals surface area contributed by atoms with E-state index in [9.17, 15) is 9.18 Å². The minimum Gasteiger partial charge on any atom is -0.459 e. The lowest BCUT2D eigenvalue weighted by Crippen LogP contribution is -2.54. The number of rotatable bonds is 4. The van der Waals surface area contributed by atoms with Crippen LogP contribution in [0.15, 0.2) is 46.9 Å². The van der Waals surface area contributed by atoms with E-state index >= 15 is 0 Å². The molecule has 1 fully saturated rings. The van der Waals surface area contributed by atoms with Crippen molar-refractivity contribution in [3.63, 3.8) is 0 Å². The number of carbonyl (C=O) groups is 1. The lowest BCUT2D eigenvalue weighted by molar-refractivity contribution is 0.0626. The van der Waals surface area contributed by atoms with Crippen LogP contribution in [0.2, 0.25) is 10.0 Å². The van der Waals surface area contributed by atoms with E-state index in [1.807, 2.05) is 24.0 Å². The van der Waals surface area contributed by atoms with E-state index in [4.69, 9.17) is 27.6 Å². The molecule has 9 heteroatoms. The molecule has 1 N–H and O–H groups in total. The third kappa shape index (κ3) is 4.51. The molecule has 1 unspecified atom stereocenters. The maximum Gasteiger partial charge on any atom is 0.274 e. The molecule has 4 aromatic rings. The molecule has 5 rings (SSSR count). The van der Waals surface area contributed by atoms with Crippen molar-refractivity contribution in [3.05, 3.63) is 74.8 Å². The number of fused-ring (bicyclic) bond motifs is 1. The molecule has 0 saturated carbocycles. The highest BCUT2D eigenvalue weighted by Gasteiger charge is 2.31. The fourth-order valence-electron chi connectivity index (χ4n) is 4.18. The summed E-state index contributed by atoms with van der Waals surface area (Å²) < 4.78 is 19.4. The number of piperazine rings is 1. The van der Waals surface area contributed by atoms with Crippen LogP contribution in [0.4, 0.5) is 4.39 Å². The lowest BCUT2D eigenvalue weighted by Gasteiger charge is -2.35. The number of halogens is 3. The molecule has 33 heavy (non-hydrogen) atoms. The van der Waals surface area contributed by atoms with Crippen LogP contribution in [0, 0.1) is 12.7 Å². The Balaban J connectivity index is 1.44. The Bertz CT molecular complexity index is 1340. The Morgan fingerprint density at radius 2 is 2.06 bits per heavy atom. The number of hydrogen-bond donors (Lipinski definition) is 1. The summed E-state index contributed by atoms with van der Waals surface area (Å²) in [6, 6.07) is 11.4. The Hall–Kier alpha value is -2.45. The van der Waals surface area contributed by atoms with Crippen molar-refractivity contribution in [2.24, 2.45) is 0 Å². The van der Waals surface area contributed by atoms with Gasteiger partial charge in [-0.2, -0.15) is 0 Å². The lowest BCUT2D eigenvalue weighted by atomic mass is 10.1. The zero-order chi connectivity index (χ0) is 23.1. The van der Waals surface area contributed by atoms with Gasteiger partial charge in [-0.15, -0.1) is 11.3 Å². The number of benzene rings is 2. The highest BCUT2D eigenvalue weighted by atomic mass is 35.5. The molecule has 5 nitrogen and oxygen atoms in total. The smallest absolute Gasteiger partial charge is 0.274 e. The summed E-state index contributed by atoms with van der Waals surface area (Å²) >= 11 is 13.8. The summed E-state index contributed by atoms with van der Waals surface area (Å²) in [6.45, 7) is 3.74. The van der Waals surface area contributed by atoms with Gasteiger partial charge in [0.1, 0.15) is 17.3 Å². The van der Waals surface area contributed by atoms with Gasteiger partial charge in [0.2, 0.25) is 0 Å². The second-order valence-electron chi connectivity index (χ2n) is 8.00. The van der Waals surface area contributed by atoms with Crippen molar-refractivity contribution in [3.8, 4) is 10.4 Å². The molecule has 2 aromatic heterocycles. The van der Waals surface area contributed by atoms with E-state index in [-0.39, 0.29) is 17.8 Å². The molecule has 0 radical (unpaired) electrons. The van der Waals surface area contributed by atoms with Gasteiger partial charge in [-0.1, -0.05) is 35.3 Å². The van der Waals surface area contributed by atoms with Crippen LogP contribution >= 0.6 is 34.5 Å². The molecule has 170 valence electrons. The normalized spacial score (nSPS) is 16.5. The van der Waals surface area contributed by atoms with Crippen LogP contribution in [0.3, 0.4) is 0 Å². The molecule has 1 aliphatic heterocycles. The van der Waals surface area contributed by atoms with Gasteiger partial charge in [0.15, 0.2) is 5.58 Å². The number of nitrogens with zero attached hydrogens (tertiary/aromatic N) is 2. The summed E-state index contributed by atoms with van der Waals surface area (Å²) in [5.74, 6) is 0.276. The van der Waals surface area contributed by atoms with E-state index in [2.05, 4.69) is 10.3 Å². The van der Waals surface area contributed by atoms with Gasteiger partial charge in [-0.3, -0.25) is 4.79 Å². The number of thiazole rings is 1. The standard InChI is InChI=1S/C24H20Cl2FN3O2S/c1-13-29-21(23(33-13)14-2-4-17(27)5-3-14)24(31)30-7-6-28-12-18(30)11-19-9-15-8-16(25)10-20(26)22(15)32-19/h2-5,8-10,18,28H,6-7,11-12H2,1H3. The zero-order valence-corrected chi connectivity index (χ0v) is 20.0. The van der Waals surface area contributed by atoms with E-state index in [0.29, 0.717) is 47.4 Å². The Kier molecular flexibility index (Phi) is 6.14. The number of furan rings is 1. The number of carbonyl (C=O) groups excluding carboxylic acids is 1. The first kappa shape index (κ1) is 22.3. The van der Waals surface area contributed by atoms with Gasteiger partial charge in [-0.25, -0.2) is 9.37 Å². The van der Waals surface area contributed by atoms with E-state index in [1.54, 1.807) is 18.2 Å². The Morgan fingerprint density at radius 3 is 2.85 bits per heavy atom. The Morgan fingerprint density at radius 1 is 1.27 bits per heavy atom. The second kappa shape index (κ2) is 9.06. The van der Waals surface area contributed by atoms with Crippen LogP contribution in [-0.2, 0) is 6.42 Å². The van der Waals surface area contributed by atoms with Gasteiger partial charge in [0.05, 0.1) is 20.9 Å². The first-order valence-corrected chi connectivity index (χ1v) is 12.1. The van der Waals surface area contributed by atoms with Crippen molar-refractivity contribution in [2.75, 3.05) is 19.6 Å². The average molecular weight is 504 g/mol. The summed E-state index contributed by atoms with van der Waals surface area (Å²) in [4.78, 5) is 20.8. The first-order chi connectivity index (χ1) is 15.9. The van der Waals surface area contributed by atoms with E-state index < -0.39 is 0 Å².